The van der Waals surface area contributed by atoms with Gasteiger partial charge in [-0.05, 0) is 133 Å². The van der Waals surface area contributed by atoms with Gasteiger partial charge in [0.25, 0.3) is 0 Å². The first-order valence-corrected chi connectivity index (χ1v) is 28.1. The number of halogens is 2. The molecule has 5 aromatic heterocycles. The lowest BCUT2D eigenvalue weighted by atomic mass is 10.1. The molecule has 0 aliphatic carbocycles. The maximum Gasteiger partial charge on any atom is 0.0542 e. The van der Waals surface area contributed by atoms with E-state index in [2.05, 4.69) is 328 Å². The van der Waals surface area contributed by atoms with Crippen molar-refractivity contribution in [3.63, 3.8) is 0 Å². The van der Waals surface area contributed by atoms with Crippen molar-refractivity contribution in [3.8, 4) is 22.7 Å². The predicted molar refractivity (Wildman–Crippen MR) is 341 cm³/mol. The lowest BCUT2D eigenvalue weighted by Gasteiger charge is -2.10. The molecule has 1 N–H and O–H groups in total. The van der Waals surface area contributed by atoms with Crippen LogP contribution in [0.1, 0.15) is 0 Å². The SMILES string of the molecule is Brc1ccc2c(c1)c1cc(Br)ccc1n2-c1ccccc1.c1ccc(-n2c3ccc(-n4c5ccccc5c5ccccc54)cc3c3cc(-n4c5ccccc5c5ccccc54)ccc32)cc1.c1ccc2c(c1)[nH]c1ccccc12. The summed E-state index contributed by atoms with van der Waals surface area (Å²) in [4.78, 5) is 3.38. The van der Waals surface area contributed by atoms with Crippen LogP contribution < -0.4 is 0 Å². The molecule has 0 saturated heterocycles. The van der Waals surface area contributed by atoms with Crippen LogP contribution in [0.2, 0.25) is 0 Å². The number of aromatic nitrogens is 5. The zero-order valence-electron chi connectivity index (χ0n) is 42.6. The van der Waals surface area contributed by atoms with Gasteiger partial charge in [-0.15, -0.1) is 0 Å². The fourth-order valence-electron chi connectivity index (χ4n) is 12.2. The fraction of sp³-hybridized carbons (Fsp3) is 0. The Balaban J connectivity index is 0.000000130. The Bertz CT molecular complexity index is 4790. The highest BCUT2D eigenvalue weighted by molar-refractivity contribution is 9.10. The molecular formula is C72H47Br2N5. The Morgan fingerprint density at radius 2 is 0.468 bits per heavy atom. The third-order valence-electron chi connectivity index (χ3n) is 15.5. The fourth-order valence-corrected chi connectivity index (χ4v) is 12.9. The minimum absolute atomic E-state index is 1.10. The summed E-state index contributed by atoms with van der Waals surface area (Å²) in [5, 5.41) is 12.7. The molecule has 7 heteroatoms. The largest absolute Gasteiger partial charge is 0.355 e. The van der Waals surface area contributed by atoms with Crippen molar-refractivity contribution >= 4 is 141 Å². The molecule has 0 bridgehead atoms. The van der Waals surface area contributed by atoms with Crippen molar-refractivity contribution in [1.82, 2.24) is 23.3 Å². The summed E-state index contributed by atoms with van der Waals surface area (Å²) in [7, 11) is 0. The zero-order chi connectivity index (χ0) is 52.6. The number of nitrogens with zero attached hydrogens (tertiary/aromatic N) is 4. The average Bonchev–Trinajstić information content (AvgIpc) is 4.33. The molecule has 0 atom stereocenters. The molecule has 5 nitrogen and oxygen atoms in total. The standard InChI is InChI=1S/C42H27N3.C18H11Br2N.C12H9N/c1-2-12-28(13-3-1)43-41-24-22-29(44-37-18-8-4-14-31(37)32-15-5-9-19-38(32)44)26-35(41)36-27-30(23-25-42(36)43)45-39-20-10-6-16-33(39)34-17-7-11-21-40(34)45;19-12-6-8-17-15(10-12)16-11-13(20)7-9-18(16)21(17)14-4-2-1-3-5-14;1-3-7-11-9(5-1)10-6-2-4-8-12(10)13-11/h1-27H;1-11H;1-8,13H. The van der Waals surface area contributed by atoms with E-state index in [9.17, 15) is 0 Å². The number of H-pyrrole nitrogens is 1. The monoisotopic (exact) mass is 1140 g/mol. The van der Waals surface area contributed by atoms with E-state index in [1.807, 2.05) is 6.07 Å². The number of rotatable bonds is 4. The van der Waals surface area contributed by atoms with Crippen molar-refractivity contribution in [2.45, 2.75) is 0 Å². The van der Waals surface area contributed by atoms with Crippen molar-refractivity contribution < 1.29 is 0 Å². The van der Waals surface area contributed by atoms with Crippen molar-refractivity contribution in [3.05, 3.63) is 288 Å². The highest BCUT2D eigenvalue weighted by atomic mass is 79.9. The molecule has 0 aliphatic heterocycles. The molecule has 374 valence electrons. The maximum absolute atomic E-state index is 3.58. The van der Waals surface area contributed by atoms with E-state index in [-0.39, 0.29) is 0 Å². The summed E-state index contributed by atoms with van der Waals surface area (Å²) in [5.74, 6) is 0. The van der Waals surface area contributed by atoms with Gasteiger partial charge >= 0.3 is 0 Å². The highest BCUT2D eigenvalue weighted by Crippen LogP contribution is 2.40. The quantitative estimate of drug-likeness (QED) is 0.182. The van der Waals surface area contributed by atoms with E-state index >= 15 is 0 Å². The van der Waals surface area contributed by atoms with E-state index in [1.54, 1.807) is 0 Å². The van der Waals surface area contributed by atoms with Gasteiger partial charge < -0.3 is 23.3 Å². The molecule has 0 aliphatic rings. The van der Waals surface area contributed by atoms with Crippen LogP contribution in [0.5, 0.6) is 0 Å². The van der Waals surface area contributed by atoms with Gasteiger partial charge in [-0.3, -0.25) is 0 Å². The van der Waals surface area contributed by atoms with Gasteiger partial charge in [0.2, 0.25) is 0 Å². The van der Waals surface area contributed by atoms with Crippen LogP contribution >= 0.6 is 31.9 Å². The van der Waals surface area contributed by atoms with Gasteiger partial charge in [0.15, 0.2) is 0 Å². The molecule has 0 fully saturated rings. The molecule has 0 amide bonds. The smallest absolute Gasteiger partial charge is 0.0542 e. The minimum atomic E-state index is 1.10. The topological polar surface area (TPSA) is 35.5 Å². The summed E-state index contributed by atoms with van der Waals surface area (Å²) in [6.45, 7) is 0. The Morgan fingerprint density at radius 1 is 0.203 bits per heavy atom. The van der Waals surface area contributed by atoms with Crippen molar-refractivity contribution in [1.29, 1.82) is 0 Å². The van der Waals surface area contributed by atoms with Crippen LogP contribution in [0.4, 0.5) is 0 Å². The Morgan fingerprint density at radius 3 is 0.835 bits per heavy atom. The first-order valence-electron chi connectivity index (χ1n) is 26.5. The number of hydrogen-bond acceptors (Lipinski definition) is 0. The first-order chi connectivity index (χ1) is 39.0. The second kappa shape index (κ2) is 19.3. The Hall–Kier alpha value is -9.40. The molecule has 79 heavy (non-hydrogen) atoms. The van der Waals surface area contributed by atoms with Crippen LogP contribution in [-0.2, 0) is 0 Å². The van der Waals surface area contributed by atoms with E-state index < -0.39 is 0 Å². The molecule has 0 unspecified atom stereocenters. The number of aromatic amines is 1. The van der Waals surface area contributed by atoms with Crippen LogP contribution in [0.25, 0.3) is 132 Å². The Labute approximate surface area is 471 Å². The van der Waals surface area contributed by atoms with Gasteiger partial charge in [-0.1, -0.05) is 177 Å². The van der Waals surface area contributed by atoms with E-state index in [0.717, 1.165) is 26.0 Å². The molecule has 0 radical (unpaired) electrons. The van der Waals surface area contributed by atoms with Crippen LogP contribution in [0, 0.1) is 0 Å². The van der Waals surface area contributed by atoms with Gasteiger partial charge in [0.1, 0.15) is 0 Å². The minimum Gasteiger partial charge on any atom is -0.355 e. The summed E-state index contributed by atoms with van der Waals surface area (Å²) in [6, 6.07) is 99.6. The van der Waals surface area contributed by atoms with Crippen molar-refractivity contribution in [2.24, 2.45) is 0 Å². The van der Waals surface area contributed by atoms with Gasteiger partial charge in [0.05, 0.1) is 44.1 Å². The number of hydrogen-bond donors (Lipinski definition) is 1. The molecular weight excluding hydrogens is 1090 g/mol. The van der Waals surface area contributed by atoms with E-state index in [1.165, 1.54) is 115 Å². The number of nitrogens with one attached hydrogen (secondary N) is 1. The molecule has 12 aromatic carbocycles. The lowest BCUT2D eigenvalue weighted by molar-refractivity contribution is 1.16. The molecule has 0 spiro atoms. The summed E-state index contributed by atoms with van der Waals surface area (Å²) < 4.78 is 11.7. The van der Waals surface area contributed by atoms with Crippen LogP contribution in [-0.4, -0.2) is 23.3 Å². The number of fused-ring (bicyclic) bond motifs is 15. The predicted octanol–water partition coefficient (Wildman–Crippen LogP) is 20.6. The highest BCUT2D eigenvalue weighted by Gasteiger charge is 2.19. The summed E-state index contributed by atoms with van der Waals surface area (Å²) >= 11 is 7.16. The van der Waals surface area contributed by atoms with Gasteiger partial charge in [0, 0.05) is 96.6 Å². The van der Waals surface area contributed by atoms with E-state index in [4.69, 9.17) is 0 Å². The molecule has 17 aromatic rings. The third kappa shape index (κ3) is 7.87. The first kappa shape index (κ1) is 46.9. The second-order valence-corrected chi connectivity index (χ2v) is 21.9. The number of benzene rings is 12. The Kier molecular flexibility index (Phi) is 11.4. The van der Waals surface area contributed by atoms with Crippen LogP contribution in [0.3, 0.4) is 0 Å². The van der Waals surface area contributed by atoms with E-state index in [0.29, 0.717) is 0 Å². The van der Waals surface area contributed by atoms with Gasteiger partial charge in [-0.2, -0.15) is 0 Å². The normalized spacial score (nSPS) is 11.7. The van der Waals surface area contributed by atoms with Crippen molar-refractivity contribution in [2.75, 3.05) is 0 Å². The number of para-hydroxylation sites is 8. The summed E-state index contributed by atoms with van der Waals surface area (Å²) in [5.41, 5.74) is 16.8. The molecule has 17 rings (SSSR count). The summed E-state index contributed by atoms with van der Waals surface area (Å²) in [6.07, 6.45) is 0. The molecule has 0 saturated carbocycles. The average molecular weight is 1140 g/mol. The van der Waals surface area contributed by atoms with Crippen LogP contribution in [0.15, 0.2) is 288 Å². The molecule has 5 heterocycles. The third-order valence-corrected chi connectivity index (χ3v) is 16.5. The zero-order valence-corrected chi connectivity index (χ0v) is 45.8. The lowest BCUT2D eigenvalue weighted by Crippen LogP contribution is -1.96. The second-order valence-electron chi connectivity index (χ2n) is 20.0. The van der Waals surface area contributed by atoms with Gasteiger partial charge in [-0.25, -0.2) is 0 Å². The maximum atomic E-state index is 3.58.